The van der Waals surface area contributed by atoms with E-state index >= 15 is 0 Å². The smallest absolute Gasteiger partial charge is 0.169 e. The third-order valence-corrected chi connectivity index (χ3v) is 2.51. The van der Waals surface area contributed by atoms with Gasteiger partial charge in [0.2, 0.25) is 0 Å². The number of halogens is 1. The number of aromatic nitrogens is 1. The average molecular weight is 241 g/mol. The van der Waals surface area contributed by atoms with E-state index in [-0.39, 0.29) is 11.6 Å². The lowest BCUT2D eigenvalue weighted by atomic mass is 10.2. The minimum absolute atomic E-state index is 0.249. The highest BCUT2D eigenvalue weighted by molar-refractivity contribution is 5.60. The molecule has 0 fully saturated rings. The van der Waals surface area contributed by atoms with Crippen LogP contribution in [-0.2, 0) is 0 Å². The summed E-state index contributed by atoms with van der Waals surface area (Å²) in [5.41, 5.74) is 0.824. The standard InChI is InChI=1S/C14H12FN3/c15-13-8-4-10-17-14(13)18(11-5-9-16)12-6-2-1-3-7-12/h1-4,6-8,10H,5,11H2. The Kier molecular flexibility index (Phi) is 3.87. The van der Waals surface area contributed by atoms with E-state index in [1.807, 2.05) is 30.3 Å². The van der Waals surface area contributed by atoms with Gasteiger partial charge in [-0.15, -0.1) is 0 Å². The van der Waals surface area contributed by atoms with Crippen LogP contribution in [0.3, 0.4) is 0 Å². The summed E-state index contributed by atoms with van der Waals surface area (Å²) in [6.07, 6.45) is 1.85. The molecule has 0 spiro atoms. The van der Waals surface area contributed by atoms with Crippen molar-refractivity contribution in [1.29, 1.82) is 5.26 Å². The number of anilines is 2. The molecular weight excluding hydrogens is 229 g/mol. The van der Waals surface area contributed by atoms with Crippen LogP contribution in [0.4, 0.5) is 15.9 Å². The number of nitrogens with zero attached hydrogens (tertiary/aromatic N) is 3. The summed E-state index contributed by atoms with van der Waals surface area (Å²) in [7, 11) is 0. The van der Waals surface area contributed by atoms with Crippen molar-refractivity contribution in [3.63, 3.8) is 0 Å². The lowest BCUT2D eigenvalue weighted by molar-refractivity contribution is 0.618. The number of pyridine rings is 1. The fourth-order valence-electron chi connectivity index (χ4n) is 1.70. The van der Waals surface area contributed by atoms with Gasteiger partial charge in [-0.1, -0.05) is 18.2 Å². The predicted octanol–water partition coefficient (Wildman–Crippen LogP) is 3.27. The molecule has 1 heterocycles. The van der Waals surface area contributed by atoms with E-state index in [9.17, 15) is 4.39 Å². The molecule has 0 saturated carbocycles. The third kappa shape index (κ3) is 2.64. The van der Waals surface area contributed by atoms with E-state index in [0.29, 0.717) is 13.0 Å². The molecule has 90 valence electrons. The number of nitriles is 1. The summed E-state index contributed by atoms with van der Waals surface area (Å²) in [6.45, 7) is 0.411. The van der Waals surface area contributed by atoms with Crippen LogP contribution in [0.2, 0.25) is 0 Å². The lowest BCUT2D eigenvalue weighted by Gasteiger charge is -2.22. The molecule has 0 aliphatic carbocycles. The van der Waals surface area contributed by atoms with Crippen LogP contribution in [0.15, 0.2) is 48.7 Å². The maximum Gasteiger partial charge on any atom is 0.169 e. The van der Waals surface area contributed by atoms with Crippen molar-refractivity contribution in [2.24, 2.45) is 0 Å². The zero-order valence-electron chi connectivity index (χ0n) is 9.75. The van der Waals surface area contributed by atoms with Gasteiger partial charge in [0, 0.05) is 18.4 Å². The lowest BCUT2D eigenvalue weighted by Crippen LogP contribution is -2.20. The molecule has 18 heavy (non-hydrogen) atoms. The van der Waals surface area contributed by atoms with Crippen molar-refractivity contribution in [2.45, 2.75) is 6.42 Å². The molecule has 2 rings (SSSR count). The number of benzene rings is 1. The maximum absolute atomic E-state index is 13.8. The van der Waals surface area contributed by atoms with Crippen LogP contribution in [-0.4, -0.2) is 11.5 Å². The summed E-state index contributed by atoms with van der Waals surface area (Å²) in [6, 6.07) is 14.3. The minimum atomic E-state index is -0.390. The minimum Gasteiger partial charge on any atom is -0.323 e. The SMILES string of the molecule is N#CCCN(c1ccccc1)c1ncccc1F. The summed E-state index contributed by atoms with van der Waals surface area (Å²) < 4.78 is 13.8. The van der Waals surface area contributed by atoms with Gasteiger partial charge in [0.1, 0.15) is 0 Å². The highest BCUT2D eigenvalue weighted by Crippen LogP contribution is 2.25. The molecular formula is C14H12FN3. The third-order valence-electron chi connectivity index (χ3n) is 2.51. The van der Waals surface area contributed by atoms with Crippen LogP contribution in [0.1, 0.15) is 6.42 Å². The van der Waals surface area contributed by atoms with Gasteiger partial charge in [0.05, 0.1) is 12.5 Å². The number of para-hydroxylation sites is 1. The molecule has 2 aromatic rings. The number of rotatable bonds is 4. The molecule has 0 amide bonds. The van der Waals surface area contributed by atoms with Gasteiger partial charge in [-0.3, -0.25) is 0 Å². The van der Waals surface area contributed by atoms with E-state index in [1.165, 1.54) is 6.07 Å². The molecule has 1 aromatic heterocycles. The second kappa shape index (κ2) is 5.78. The molecule has 0 radical (unpaired) electrons. The molecule has 0 N–H and O–H groups in total. The maximum atomic E-state index is 13.8. The summed E-state index contributed by atoms with van der Waals surface area (Å²) in [5.74, 6) is -0.141. The van der Waals surface area contributed by atoms with Gasteiger partial charge in [0.25, 0.3) is 0 Å². The fourth-order valence-corrected chi connectivity index (χ4v) is 1.70. The van der Waals surface area contributed by atoms with Gasteiger partial charge < -0.3 is 4.90 Å². The first kappa shape index (κ1) is 12.1. The Labute approximate surface area is 105 Å². The summed E-state index contributed by atoms with van der Waals surface area (Å²) >= 11 is 0. The molecule has 0 aliphatic heterocycles. The molecule has 3 nitrogen and oxygen atoms in total. The molecule has 0 unspecified atom stereocenters. The first-order chi connectivity index (χ1) is 8.83. The second-order valence-corrected chi connectivity index (χ2v) is 3.70. The van der Waals surface area contributed by atoms with Crippen molar-refractivity contribution in [1.82, 2.24) is 4.98 Å². The van der Waals surface area contributed by atoms with E-state index in [1.54, 1.807) is 17.2 Å². The van der Waals surface area contributed by atoms with Gasteiger partial charge in [-0.05, 0) is 24.3 Å². The van der Waals surface area contributed by atoms with Crippen molar-refractivity contribution in [3.05, 3.63) is 54.5 Å². The zero-order chi connectivity index (χ0) is 12.8. The molecule has 0 atom stereocenters. The Balaban J connectivity index is 2.38. The second-order valence-electron chi connectivity index (χ2n) is 3.70. The van der Waals surface area contributed by atoms with Crippen molar-refractivity contribution < 1.29 is 4.39 Å². The monoisotopic (exact) mass is 241 g/mol. The number of hydrogen-bond donors (Lipinski definition) is 0. The van der Waals surface area contributed by atoms with E-state index < -0.39 is 0 Å². The molecule has 0 aliphatic rings. The molecule has 4 heteroatoms. The van der Waals surface area contributed by atoms with Gasteiger partial charge in [-0.2, -0.15) is 5.26 Å². The first-order valence-corrected chi connectivity index (χ1v) is 5.63. The highest BCUT2D eigenvalue weighted by atomic mass is 19.1. The molecule has 0 bridgehead atoms. The predicted molar refractivity (Wildman–Crippen MR) is 67.9 cm³/mol. The van der Waals surface area contributed by atoms with Crippen LogP contribution in [0.5, 0.6) is 0 Å². The van der Waals surface area contributed by atoms with E-state index in [2.05, 4.69) is 11.1 Å². The zero-order valence-corrected chi connectivity index (χ0v) is 9.75. The Morgan fingerprint density at radius 2 is 1.94 bits per heavy atom. The van der Waals surface area contributed by atoms with Crippen LogP contribution in [0.25, 0.3) is 0 Å². The quantitative estimate of drug-likeness (QED) is 0.824. The molecule has 1 aromatic carbocycles. The molecule has 0 saturated heterocycles. The number of hydrogen-bond acceptors (Lipinski definition) is 3. The first-order valence-electron chi connectivity index (χ1n) is 5.63. The van der Waals surface area contributed by atoms with Crippen molar-refractivity contribution in [2.75, 3.05) is 11.4 Å². The topological polar surface area (TPSA) is 39.9 Å². The van der Waals surface area contributed by atoms with Crippen molar-refractivity contribution >= 4 is 11.5 Å². The Morgan fingerprint density at radius 3 is 2.61 bits per heavy atom. The van der Waals surface area contributed by atoms with Crippen LogP contribution >= 0.6 is 0 Å². The van der Waals surface area contributed by atoms with Gasteiger partial charge >= 0.3 is 0 Å². The van der Waals surface area contributed by atoms with Crippen molar-refractivity contribution in [3.8, 4) is 6.07 Å². The summed E-state index contributed by atoms with van der Waals surface area (Å²) in [4.78, 5) is 5.76. The van der Waals surface area contributed by atoms with E-state index in [4.69, 9.17) is 5.26 Å². The largest absolute Gasteiger partial charge is 0.323 e. The highest BCUT2D eigenvalue weighted by Gasteiger charge is 2.13. The fraction of sp³-hybridized carbons (Fsp3) is 0.143. The van der Waals surface area contributed by atoms with Gasteiger partial charge in [-0.25, -0.2) is 9.37 Å². The van der Waals surface area contributed by atoms with E-state index in [0.717, 1.165) is 5.69 Å². The Bertz CT molecular complexity index is 548. The Morgan fingerprint density at radius 1 is 1.17 bits per heavy atom. The van der Waals surface area contributed by atoms with Crippen LogP contribution in [0, 0.1) is 17.1 Å². The Hall–Kier alpha value is -2.41. The van der Waals surface area contributed by atoms with Crippen LogP contribution < -0.4 is 4.90 Å². The average Bonchev–Trinajstić information content (AvgIpc) is 2.42. The normalized spacial score (nSPS) is 9.78. The summed E-state index contributed by atoms with van der Waals surface area (Å²) in [5, 5.41) is 8.69. The van der Waals surface area contributed by atoms with Gasteiger partial charge in [0.15, 0.2) is 11.6 Å².